The van der Waals surface area contributed by atoms with Crippen LogP contribution in [-0.4, -0.2) is 11.1 Å². The van der Waals surface area contributed by atoms with E-state index in [0.717, 1.165) is 5.69 Å². The fraction of sp³-hybridized carbons (Fsp3) is 0. The minimum atomic E-state index is -0.474. The van der Waals surface area contributed by atoms with Gasteiger partial charge in [-0.15, -0.1) is 0 Å². The predicted octanol–water partition coefficient (Wildman–Crippen LogP) is 3.69. The van der Waals surface area contributed by atoms with Crippen molar-refractivity contribution in [2.45, 2.75) is 0 Å². The molecule has 2 rings (SSSR count). The van der Waals surface area contributed by atoms with E-state index in [1.165, 1.54) is 24.4 Å². The molecule has 1 N–H and O–H groups in total. The van der Waals surface area contributed by atoms with Gasteiger partial charge in [0.25, 0.3) is 5.69 Å². The average Bonchev–Trinajstić information content (AvgIpc) is 2.42. The number of hydrogen-bond acceptors (Lipinski definition) is 4. The van der Waals surface area contributed by atoms with Crippen LogP contribution in [0.4, 0.5) is 11.4 Å². The first-order valence-corrected chi connectivity index (χ1v) is 5.82. The van der Waals surface area contributed by atoms with Crippen LogP contribution < -0.4 is 5.43 Å². The van der Waals surface area contributed by atoms with Crippen molar-refractivity contribution in [3.05, 3.63) is 69.2 Å². The molecule has 0 atom stereocenters. The summed E-state index contributed by atoms with van der Waals surface area (Å²) in [5.74, 6) is 0. The molecule has 0 saturated carbocycles. The summed E-state index contributed by atoms with van der Waals surface area (Å²) in [6.45, 7) is 0. The maximum absolute atomic E-state index is 10.7. The summed E-state index contributed by atoms with van der Waals surface area (Å²) in [6, 6.07) is 13.5. The van der Waals surface area contributed by atoms with Crippen molar-refractivity contribution in [3.8, 4) is 0 Å². The van der Waals surface area contributed by atoms with E-state index in [0.29, 0.717) is 10.6 Å². The number of benzene rings is 2. The Morgan fingerprint density at radius 3 is 2.63 bits per heavy atom. The number of non-ortho nitro benzene ring substituents is 1. The summed E-state index contributed by atoms with van der Waals surface area (Å²) < 4.78 is 0. The Bertz CT molecular complexity index is 615. The molecule has 0 aromatic heterocycles. The van der Waals surface area contributed by atoms with Crippen LogP contribution >= 0.6 is 11.6 Å². The quantitative estimate of drug-likeness (QED) is 0.525. The van der Waals surface area contributed by atoms with Crippen LogP contribution in [0.1, 0.15) is 5.56 Å². The van der Waals surface area contributed by atoms with E-state index >= 15 is 0 Å². The van der Waals surface area contributed by atoms with E-state index < -0.39 is 4.92 Å². The van der Waals surface area contributed by atoms with Crippen LogP contribution in [0.2, 0.25) is 5.02 Å². The Labute approximate surface area is 114 Å². The van der Waals surface area contributed by atoms with Gasteiger partial charge in [0.15, 0.2) is 0 Å². The lowest BCUT2D eigenvalue weighted by Crippen LogP contribution is -1.93. The van der Waals surface area contributed by atoms with E-state index in [2.05, 4.69) is 10.5 Å². The van der Waals surface area contributed by atoms with Gasteiger partial charge in [-0.05, 0) is 18.2 Å². The number of nitrogens with zero attached hydrogens (tertiary/aromatic N) is 2. The van der Waals surface area contributed by atoms with Crippen molar-refractivity contribution >= 4 is 29.2 Å². The number of nitro benzene ring substituents is 1. The van der Waals surface area contributed by atoms with E-state index in [-0.39, 0.29) is 5.69 Å². The number of hydrazone groups is 1. The van der Waals surface area contributed by atoms with E-state index in [1.54, 1.807) is 0 Å². The minimum absolute atomic E-state index is 0.0226. The summed E-state index contributed by atoms with van der Waals surface area (Å²) in [7, 11) is 0. The van der Waals surface area contributed by atoms with Crippen molar-refractivity contribution < 1.29 is 4.92 Å². The molecule has 96 valence electrons. The number of rotatable bonds is 4. The first-order chi connectivity index (χ1) is 9.16. The number of nitrogens with one attached hydrogen (secondary N) is 1. The second-order valence-electron chi connectivity index (χ2n) is 3.70. The van der Waals surface area contributed by atoms with Crippen molar-refractivity contribution in [2.75, 3.05) is 5.43 Å². The van der Waals surface area contributed by atoms with Crippen LogP contribution in [0.25, 0.3) is 0 Å². The SMILES string of the molecule is O=[N+]([O-])c1ccc(Cl)c(/C=N/Nc2ccccc2)c1. The van der Waals surface area contributed by atoms with E-state index in [9.17, 15) is 10.1 Å². The van der Waals surface area contributed by atoms with Gasteiger partial charge in [0, 0.05) is 22.7 Å². The third kappa shape index (κ3) is 3.53. The summed E-state index contributed by atoms with van der Waals surface area (Å²) in [4.78, 5) is 10.2. The van der Waals surface area contributed by atoms with Gasteiger partial charge in [-0.3, -0.25) is 15.5 Å². The van der Waals surface area contributed by atoms with Gasteiger partial charge in [0.1, 0.15) is 0 Å². The van der Waals surface area contributed by atoms with Gasteiger partial charge >= 0.3 is 0 Å². The molecule has 0 radical (unpaired) electrons. The zero-order valence-corrected chi connectivity index (χ0v) is 10.5. The molecular formula is C13H10ClN3O2. The number of para-hydroxylation sites is 1. The predicted molar refractivity (Wildman–Crippen MR) is 75.8 cm³/mol. The molecule has 0 fully saturated rings. The zero-order valence-electron chi connectivity index (χ0n) is 9.79. The maximum atomic E-state index is 10.7. The standard InChI is InChI=1S/C13H10ClN3O2/c14-13-7-6-12(17(18)19)8-10(13)9-15-16-11-4-2-1-3-5-11/h1-9,16H/b15-9+. The highest BCUT2D eigenvalue weighted by atomic mass is 35.5. The van der Waals surface area contributed by atoms with Crippen LogP contribution in [0.5, 0.6) is 0 Å². The molecule has 0 spiro atoms. The number of anilines is 1. The van der Waals surface area contributed by atoms with Crippen molar-refractivity contribution in [3.63, 3.8) is 0 Å². The highest BCUT2D eigenvalue weighted by Gasteiger charge is 2.07. The molecule has 0 amide bonds. The largest absolute Gasteiger partial charge is 0.279 e. The van der Waals surface area contributed by atoms with Gasteiger partial charge < -0.3 is 0 Å². The number of halogens is 1. The molecule has 2 aromatic carbocycles. The Kier molecular flexibility index (Phi) is 4.10. The lowest BCUT2D eigenvalue weighted by molar-refractivity contribution is -0.384. The minimum Gasteiger partial charge on any atom is -0.279 e. The monoisotopic (exact) mass is 275 g/mol. The highest BCUT2D eigenvalue weighted by Crippen LogP contribution is 2.20. The van der Waals surface area contributed by atoms with Gasteiger partial charge in [-0.2, -0.15) is 5.10 Å². The molecule has 0 saturated heterocycles. The van der Waals surface area contributed by atoms with Crippen molar-refractivity contribution in [1.82, 2.24) is 0 Å². The van der Waals surface area contributed by atoms with Crippen LogP contribution in [0, 0.1) is 10.1 Å². The number of nitro groups is 1. The second-order valence-corrected chi connectivity index (χ2v) is 4.11. The fourth-order valence-electron chi connectivity index (χ4n) is 1.43. The Morgan fingerprint density at radius 2 is 1.95 bits per heavy atom. The van der Waals surface area contributed by atoms with Crippen LogP contribution in [-0.2, 0) is 0 Å². The lowest BCUT2D eigenvalue weighted by atomic mass is 10.2. The Hall–Kier alpha value is -2.40. The van der Waals surface area contributed by atoms with Gasteiger partial charge in [-0.1, -0.05) is 29.8 Å². The molecule has 6 heteroatoms. The van der Waals surface area contributed by atoms with E-state index in [1.807, 2.05) is 30.3 Å². The third-order valence-electron chi connectivity index (χ3n) is 2.36. The topological polar surface area (TPSA) is 67.5 Å². The molecule has 0 aliphatic rings. The molecule has 0 unspecified atom stereocenters. The Balaban J connectivity index is 2.14. The molecule has 19 heavy (non-hydrogen) atoms. The third-order valence-corrected chi connectivity index (χ3v) is 2.71. The van der Waals surface area contributed by atoms with Gasteiger partial charge in [0.05, 0.1) is 16.8 Å². The normalized spacial score (nSPS) is 10.6. The van der Waals surface area contributed by atoms with Gasteiger partial charge in [0.2, 0.25) is 0 Å². The summed E-state index contributed by atoms with van der Waals surface area (Å²) in [5.41, 5.74) is 4.09. The Morgan fingerprint density at radius 1 is 1.21 bits per heavy atom. The molecule has 0 bridgehead atoms. The van der Waals surface area contributed by atoms with Crippen molar-refractivity contribution in [1.29, 1.82) is 0 Å². The molecule has 0 aliphatic heterocycles. The summed E-state index contributed by atoms with van der Waals surface area (Å²) in [6.07, 6.45) is 1.45. The first-order valence-electron chi connectivity index (χ1n) is 5.45. The van der Waals surface area contributed by atoms with Crippen LogP contribution in [0.15, 0.2) is 53.6 Å². The molecule has 5 nitrogen and oxygen atoms in total. The summed E-state index contributed by atoms with van der Waals surface area (Å²) >= 11 is 5.94. The van der Waals surface area contributed by atoms with Crippen LogP contribution in [0.3, 0.4) is 0 Å². The highest BCUT2D eigenvalue weighted by molar-refractivity contribution is 6.33. The number of hydrogen-bond donors (Lipinski definition) is 1. The summed E-state index contributed by atoms with van der Waals surface area (Å²) in [5, 5.41) is 15.1. The fourth-order valence-corrected chi connectivity index (χ4v) is 1.60. The zero-order chi connectivity index (χ0) is 13.7. The second kappa shape index (κ2) is 5.97. The smallest absolute Gasteiger partial charge is 0.270 e. The maximum Gasteiger partial charge on any atom is 0.270 e. The average molecular weight is 276 g/mol. The van der Waals surface area contributed by atoms with E-state index in [4.69, 9.17) is 11.6 Å². The molecule has 0 heterocycles. The molecule has 0 aliphatic carbocycles. The lowest BCUT2D eigenvalue weighted by Gasteiger charge is -2.00. The molecular weight excluding hydrogens is 266 g/mol. The van der Waals surface area contributed by atoms with Gasteiger partial charge in [-0.25, -0.2) is 0 Å². The first kappa shape index (κ1) is 13.0. The molecule has 2 aromatic rings. The van der Waals surface area contributed by atoms with Crippen molar-refractivity contribution in [2.24, 2.45) is 5.10 Å².